The second kappa shape index (κ2) is 7.35. The van der Waals surface area contributed by atoms with Crippen molar-refractivity contribution in [2.45, 2.75) is 36.6 Å². The lowest BCUT2D eigenvalue weighted by Gasteiger charge is -2.38. The molecule has 2 aliphatic rings. The summed E-state index contributed by atoms with van der Waals surface area (Å²) in [4.78, 5) is 12.3. The second-order valence-corrected chi connectivity index (χ2v) is 7.57. The number of amides is 1. The van der Waals surface area contributed by atoms with Gasteiger partial charge in [0, 0.05) is 41.6 Å². The predicted octanol–water partition coefficient (Wildman–Crippen LogP) is 3.16. The lowest BCUT2D eigenvalue weighted by molar-refractivity contribution is -0.123. The molecule has 0 aliphatic carbocycles. The lowest BCUT2D eigenvalue weighted by atomic mass is 9.74. The average Bonchev–Trinajstić information content (AvgIpc) is 2.93. The van der Waals surface area contributed by atoms with Crippen LogP contribution in [0.2, 0.25) is 10.0 Å². The summed E-state index contributed by atoms with van der Waals surface area (Å²) >= 11 is 12.4. The maximum atomic E-state index is 13.3. The van der Waals surface area contributed by atoms with E-state index in [0.29, 0.717) is 42.6 Å². The Morgan fingerprint density at radius 1 is 1.32 bits per heavy atom. The van der Waals surface area contributed by atoms with Gasteiger partial charge in [-0.25, -0.2) is 8.78 Å². The minimum atomic E-state index is -2.84. The van der Waals surface area contributed by atoms with Gasteiger partial charge >= 0.3 is 0 Å². The molecule has 1 aromatic rings. The third-order valence-corrected chi connectivity index (χ3v) is 5.53. The molecule has 0 radical (unpaired) electrons. The van der Waals surface area contributed by atoms with Gasteiger partial charge in [0.05, 0.1) is 12.6 Å². The molecule has 138 valence electrons. The average molecular weight is 393 g/mol. The Morgan fingerprint density at radius 2 is 2.04 bits per heavy atom. The van der Waals surface area contributed by atoms with Gasteiger partial charge in [0.25, 0.3) is 5.92 Å². The molecule has 3 rings (SSSR count). The van der Waals surface area contributed by atoms with Crippen LogP contribution in [0.4, 0.5) is 8.78 Å². The van der Waals surface area contributed by atoms with Crippen molar-refractivity contribution in [3.8, 4) is 0 Å². The van der Waals surface area contributed by atoms with E-state index in [2.05, 4.69) is 10.6 Å². The highest BCUT2D eigenvalue weighted by atomic mass is 35.5. The fourth-order valence-electron chi connectivity index (χ4n) is 3.50. The predicted molar refractivity (Wildman–Crippen MR) is 92.6 cm³/mol. The van der Waals surface area contributed by atoms with Crippen molar-refractivity contribution in [3.05, 3.63) is 33.8 Å². The number of nitrogens with one attached hydrogen (secondary N) is 2. The minimum absolute atomic E-state index is 0.320. The number of alkyl halides is 2. The normalized spacial score (nSPS) is 24.9. The van der Waals surface area contributed by atoms with Crippen LogP contribution in [0.5, 0.6) is 0 Å². The van der Waals surface area contributed by atoms with Crippen LogP contribution in [0.3, 0.4) is 0 Å². The summed E-state index contributed by atoms with van der Waals surface area (Å²) in [6.07, 6.45) is 0.891. The molecule has 1 unspecified atom stereocenters. The van der Waals surface area contributed by atoms with Gasteiger partial charge in [-0.3, -0.25) is 10.1 Å². The van der Waals surface area contributed by atoms with Gasteiger partial charge in [0.15, 0.2) is 0 Å². The zero-order valence-corrected chi connectivity index (χ0v) is 15.1. The van der Waals surface area contributed by atoms with E-state index in [1.54, 1.807) is 12.1 Å². The standard InChI is InChI=1S/C17H20Cl2F2N2O2/c18-11-1-2-12(13(19)7-11)16(3-5-25-6-4-16)9-23-15(24)14-8-17(20,21)10-22-14/h1-2,7,14,22H,3-6,8-10H2,(H,23,24). The van der Waals surface area contributed by atoms with Crippen LogP contribution in [0, 0.1) is 0 Å². The Kier molecular flexibility index (Phi) is 5.54. The Morgan fingerprint density at radius 3 is 2.64 bits per heavy atom. The number of carbonyl (C=O) groups excluding carboxylic acids is 1. The molecule has 2 heterocycles. The quantitative estimate of drug-likeness (QED) is 0.827. The van der Waals surface area contributed by atoms with Crippen LogP contribution in [-0.4, -0.2) is 44.2 Å². The molecule has 1 aromatic carbocycles. The van der Waals surface area contributed by atoms with Gasteiger partial charge in [0.2, 0.25) is 5.91 Å². The monoisotopic (exact) mass is 392 g/mol. The third kappa shape index (κ3) is 4.25. The molecule has 4 nitrogen and oxygen atoms in total. The summed E-state index contributed by atoms with van der Waals surface area (Å²) in [5.41, 5.74) is 0.503. The summed E-state index contributed by atoms with van der Waals surface area (Å²) < 4.78 is 32.0. The van der Waals surface area contributed by atoms with E-state index < -0.39 is 36.3 Å². The van der Waals surface area contributed by atoms with Gasteiger partial charge in [-0.15, -0.1) is 0 Å². The molecule has 1 amide bonds. The molecular weight excluding hydrogens is 373 g/mol. The number of hydrogen-bond acceptors (Lipinski definition) is 3. The maximum absolute atomic E-state index is 13.3. The smallest absolute Gasteiger partial charge is 0.262 e. The Labute approximate surface area is 155 Å². The molecular formula is C17H20Cl2F2N2O2. The van der Waals surface area contributed by atoms with E-state index in [0.717, 1.165) is 5.56 Å². The van der Waals surface area contributed by atoms with Crippen molar-refractivity contribution < 1.29 is 18.3 Å². The van der Waals surface area contributed by atoms with Crippen molar-refractivity contribution in [3.63, 3.8) is 0 Å². The highest BCUT2D eigenvalue weighted by molar-refractivity contribution is 6.35. The van der Waals surface area contributed by atoms with E-state index in [1.807, 2.05) is 6.07 Å². The van der Waals surface area contributed by atoms with Crippen molar-refractivity contribution in [2.24, 2.45) is 0 Å². The van der Waals surface area contributed by atoms with Crippen molar-refractivity contribution in [2.75, 3.05) is 26.3 Å². The first-order valence-electron chi connectivity index (χ1n) is 8.24. The number of hydrogen-bond donors (Lipinski definition) is 2. The van der Waals surface area contributed by atoms with Gasteiger partial charge in [0.1, 0.15) is 0 Å². The molecule has 0 bridgehead atoms. The summed E-state index contributed by atoms with van der Waals surface area (Å²) in [7, 11) is 0. The molecule has 2 N–H and O–H groups in total. The number of carbonyl (C=O) groups is 1. The van der Waals surface area contributed by atoms with Gasteiger partial charge in [-0.05, 0) is 30.5 Å². The van der Waals surface area contributed by atoms with E-state index in [-0.39, 0.29) is 0 Å². The highest BCUT2D eigenvalue weighted by Crippen LogP contribution is 2.39. The SMILES string of the molecule is O=C(NCC1(c2ccc(Cl)cc2Cl)CCOCC1)C1CC(F)(F)CN1. The van der Waals surface area contributed by atoms with Crippen LogP contribution in [0.1, 0.15) is 24.8 Å². The van der Waals surface area contributed by atoms with E-state index >= 15 is 0 Å². The van der Waals surface area contributed by atoms with Crippen LogP contribution in [-0.2, 0) is 14.9 Å². The van der Waals surface area contributed by atoms with Crippen molar-refractivity contribution in [1.29, 1.82) is 0 Å². The number of rotatable bonds is 4. The van der Waals surface area contributed by atoms with Crippen LogP contribution in [0.15, 0.2) is 18.2 Å². The first kappa shape index (κ1) is 18.8. The summed E-state index contributed by atoms with van der Waals surface area (Å²) in [6, 6.07) is 4.44. The molecule has 1 atom stereocenters. The topological polar surface area (TPSA) is 50.4 Å². The maximum Gasteiger partial charge on any atom is 0.262 e. The molecule has 0 aromatic heterocycles. The zero-order chi connectivity index (χ0) is 18.1. The first-order valence-corrected chi connectivity index (χ1v) is 8.99. The fraction of sp³-hybridized carbons (Fsp3) is 0.588. The zero-order valence-electron chi connectivity index (χ0n) is 13.6. The van der Waals surface area contributed by atoms with Crippen LogP contribution >= 0.6 is 23.2 Å². The third-order valence-electron chi connectivity index (χ3n) is 4.98. The number of ether oxygens (including phenoxy) is 1. The summed E-state index contributed by atoms with van der Waals surface area (Å²) in [5.74, 6) is -3.24. The fourth-order valence-corrected chi connectivity index (χ4v) is 4.11. The van der Waals surface area contributed by atoms with Crippen molar-refractivity contribution in [1.82, 2.24) is 10.6 Å². The van der Waals surface area contributed by atoms with Crippen molar-refractivity contribution >= 4 is 29.1 Å². The van der Waals surface area contributed by atoms with Crippen LogP contribution in [0.25, 0.3) is 0 Å². The van der Waals surface area contributed by atoms with Gasteiger partial charge in [-0.1, -0.05) is 29.3 Å². The molecule has 2 saturated heterocycles. The molecule has 8 heteroatoms. The largest absolute Gasteiger partial charge is 0.381 e. The Balaban J connectivity index is 1.74. The molecule has 2 aliphatic heterocycles. The number of halogens is 4. The molecule has 25 heavy (non-hydrogen) atoms. The first-order chi connectivity index (χ1) is 11.8. The summed E-state index contributed by atoms with van der Waals surface area (Å²) in [6.45, 7) is 0.955. The van der Waals surface area contributed by atoms with E-state index in [1.165, 1.54) is 0 Å². The highest BCUT2D eigenvalue weighted by Gasteiger charge is 2.43. The molecule has 2 fully saturated rings. The Hall–Kier alpha value is -0.950. The van der Waals surface area contributed by atoms with E-state index in [4.69, 9.17) is 27.9 Å². The minimum Gasteiger partial charge on any atom is -0.381 e. The molecule has 0 spiro atoms. The second-order valence-electron chi connectivity index (χ2n) is 6.73. The summed E-state index contributed by atoms with van der Waals surface area (Å²) in [5, 5.41) is 6.48. The number of benzene rings is 1. The molecule has 0 saturated carbocycles. The Bertz CT molecular complexity index is 652. The van der Waals surface area contributed by atoms with Gasteiger partial charge in [-0.2, -0.15) is 0 Å². The van der Waals surface area contributed by atoms with Crippen LogP contribution < -0.4 is 10.6 Å². The lowest BCUT2D eigenvalue weighted by Crippen LogP contribution is -2.49. The van der Waals surface area contributed by atoms with Gasteiger partial charge < -0.3 is 10.1 Å². The van der Waals surface area contributed by atoms with E-state index in [9.17, 15) is 13.6 Å².